The van der Waals surface area contributed by atoms with Crippen molar-refractivity contribution in [3.8, 4) is 0 Å². The molecular weight excluding hydrogens is 250 g/mol. The van der Waals surface area contributed by atoms with Crippen molar-refractivity contribution in [1.29, 1.82) is 0 Å². The molecule has 0 bridgehead atoms. The summed E-state index contributed by atoms with van der Waals surface area (Å²) in [4.78, 5) is 12.2. The van der Waals surface area contributed by atoms with Gasteiger partial charge >= 0.3 is 5.97 Å². The van der Waals surface area contributed by atoms with Crippen molar-refractivity contribution in [2.45, 2.75) is 31.8 Å². The van der Waals surface area contributed by atoms with E-state index in [9.17, 15) is 13.2 Å². The van der Waals surface area contributed by atoms with Gasteiger partial charge in [0.25, 0.3) is 0 Å². The van der Waals surface area contributed by atoms with E-state index in [1.165, 1.54) is 6.07 Å². The van der Waals surface area contributed by atoms with Crippen LogP contribution in [0.3, 0.4) is 0 Å². The van der Waals surface area contributed by atoms with Crippen LogP contribution in [0, 0.1) is 6.92 Å². The van der Waals surface area contributed by atoms with Gasteiger partial charge in [-0.3, -0.25) is 0 Å². The average molecular weight is 263 g/mol. The molecule has 0 saturated heterocycles. The second-order valence-electron chi connectivity index (χ2n) is 3.53. The van der Waals surface area contributed by atoms with Gasteiger partial charge in [-0.15, -0.1) is 11.3 Å². The summed E-state index contributed by atoms with van der Waals surface area (Å²) in [5, 5.41) is 5.00. The van der Waals surface area contributed by atoms with Crippen LogP contribution < -0.4 is 5.14 Å². The number of aryl methyl sites for hydroxylation is 1. The third-order valence-corrected chi connectivity index (χ3v) is 3.92. The number of hydrogen-bond acceptors (Lipinski definition) is 5. The van der Waals surface area contributed by atoms with E-state index < -0.39 is 16.0 Å². The third-order valence-electron chi connectivity index (χ3n) is 1.72. The van der Waals surface area contributed by atoms with Gasteiger partial charge in [-0.2, -0.15) is 0 Å². The Morgan fingerprint density at radius 2 is 2.06 bits per heavy atom. The molecule has 2 N–H and O–H groups in total. The summed E-state index contributed by atoms with van der Waals surface area (Å²) in [5.41, 5.74) is 0. The van der Waals surface area contributed by atoms with Gasteiger partial charge in [0.2, 0.25) is 10.0 Å². The fraction of sp³-hybridized carbons (Fsp3) is 0.444. The first-order chi connectivity index (χ1) is 7.21. The molecule has 0 aliphatic rings. The normalized spacial score (nSPS) is 11.8. The Morgan fingerprint density at radius 3 is 2.44 bits per heavy atom. The molecule has 0 fully saturated rings. The summed E-state index contributed by atoms with van der Waals surface area (Å²) in [6.07, 6.45) is -0.243. The zero-order valence-electron chi connectivity index (χ0n) is 9.18. The minimum Gasteiger partial charge on any atom is -0.459 e. The molecule has 5 nitrogen and oxygen atoms in total. The van der Waals surface area contributed by atoms with Gasteiger partial charge in [-0.25, -0.2) is 18.4 Å². The van der Waals surface area contributed by atoms with Crippen LogP contribution in [-0.2, 0) is 14.8 Å². The Labute approximate surface area is 98.3 Å². The van der Waals surface area contributed by atoms with E-state index in [0.717, 1.165) is 11.3 Å². The van der Waals surface area contributed by atoms with E-state index in [1.807, 2.05) is 0 Å². The summed E-state index contributed by atoms with van der Waals surface area (Å²) in [6, 6.07) is 1.25. The monoisotopic (exact) mass is 263 g/mol. The Kier molecular flexibility index (Phi) is 3.72. The predicted octanol–water partition coefficient (Wildman–Crippen LogP) is 1.27. The number of thiophene rings is 1. The second kappa shape index (κ2) is 4.52. The van der Waals surface area contributed by atoms with E-state index in [4.69, 9.17) is 9.88 Å². The molecule has 0 radical (unpaired) electrons. The maximum Gasteiger partial charge on any atom is 0.348 e. The quantitative estimate of drug-likeness (QED) is 0.832. The van der Waals surface area contributed by atoms with Crippen molar-refractivity contribution in [3.05, 3.63) is 15.8 Å². The van der Waals surface area contributed by atoms with Gasteiger partial charge in [0.1, 0.15) is 4.88 Å². The van der Waals surface area contributed by atoms with E-state index in [-0.39, 0.29) is 15.9 Å². The summed E-state index contributed by atoms with van der Waals surface area (Å²) in [7, 11) is -3.77. The van der Waals surface area contributed by atoms with Gasteiger partial charge in [-0.1, -0.05) is 0 Å². The average Bonchev–Trinajstić information content (AvgIpc) is 2.44. The molecule has 0 aliphatic heterocycles. The van der Waals surface area contributed by atoms with Gasteiger partial charge in [-0.05, 0) is 26.8 Å². The summed E-state index contributed by atoms with van der Waals surface area (Å²) < 4.78 is 27.2. The van der Waals surface area contributed by atoms with Crippen LogP contribution >= 0.6 is 11.3 Å². The molecule has 1 rings (SSSR count). The molecule has 90 valence electrons. The molecule has 0 aromatic carbocycles. The predicted molar refractivity (Wildman–Crippen MR) is 61.0 cm³/mol. The zero-order valence-corrected chi connectivity index (χ0v) is 10.8. The zero-order chi connectivity index (χ0) is 12.5. The first-order valence-corrected chi connectivity index (χ1v) is 6.92. The summed E-state index contributed by atoms with van der Waals surface area (Å²) >= 11 is 1.06. The van der Waals surface area contributed by atoms with Crippen molar-refractivity contribution >= 4 is 27.3 Å². The summed E-state index contributed by atoms with van der Waals surface area (Å²) in [5.74, 6) is -0.530. The standard InChI is InChI=1S/C9H13NO4S2/c1-5(2)14-9(11)7-4-8(6(3)15-7)16(10,12)13/h4-5H,1-3H3,(H2,10,12,13). The van der Waals surface area contributed by atoms with Crippen LogP contribution in [0.15, 0.2) is 11.0 Å². The molecular formula is C9H13NO4S2. The van der Waals surface area contributed by atoms with Gasteiger partial charge in [0.15, 0.2) is 0 Å². The lowest BCUT2D eigenvalue weighted by molar-refractivity contribution is 0.0383. The van der Waals surface area contributed by atoms with Crippen LogP contribution in [-0.4, -0.2) is 20.5 Å². The highest BCUT2D eigenvalue weighted by molar-refractivity contribution is 7.89. The van der Waals surface area contributed by atoms with Crippen LogP contribution in [0.1, 0.15) is 28.4 Å². The molecule has 7 heteroatoms. The fourth-order valence-corrected chi connectivity index (χ4v) is 3.15. The van der Waals surface area contributed by atoms with Crippen molar-refractivity contribution < 1.29 is 17.9 Å². The first-order valence-electron chi connectivity index (χ1n) is 4.56. The highest BCUT2D eigenvalue weighted by Gasteiger charge is 2.20. The number of primary sulfonamides is 1. The van der Waals surface area contributed by atoms with E-state index in [0.29, 0.717) is 4.88 Å². The maximum atomic E-state index is 11.5. The van der Waals surface area contributed by atoms with Crippen LogP contribution in [0.4, 0.5) is 0 Å². The Bertz CT molecular complexity index is 502. The van der Waals surface area contributed by atoms with E-state index >= 15 is 0 Å². The number of rotatable bonds is 3. The van der Waals surface area contributed by atoms with Crippen molar-refractivity contribution in [1.82, 2.24) is 0 Å². The van der Waals surface area contributed by atoms with Crippen molar-refractivity contribution in [3.63, 3.8) is 0 Å². The third kappa shape index (κ3) is 3.03. The minimum atomic E-state index is -3.77. The number of carbonyl (C=O) groups excluding carboxylic acids is 1. The smallest absolute Gasteiger partial charge is 0.348 e. The van der Waals surface area contributed by atoms with Crippen molar-refractivity contribution in [2.75, 3.05) is 0 Å². The number of sulfonamides is 1. The number of esters is 1. The van der Waals surface area contributed by atoms with Crippen LogP contribution in [0.2, 0.25) is 0 Å². The second-order valence-corrected chi connectivity index (χ2v) is 6.32. The number of ether oxygens (including phenoxy) is 1. The maximum absolute atomic E-state index is 11.5. The SMILES string of the molecule is Cc1sc(C(=O)OC(C)C)cc1S(N)(=O)=O. The van der Waals surface area contributed by atoms with Gasteiger partial charge in [0, 0.05) is 4.88 Å². The molecule has 0 amide bonds. The minimum absolute atomic E-state index is 0.0202. The topological polar surface area (TPSA) is 86.5 Å². The molecule has 1 aromatic rings. The van der Waals surface area contributed by atoms with E-state index in [2.05, 4.69) is 0 Å². The highest BCUT2D eigenvalue weighted by atomic mass is 32.2. The molecule has 1 aromatic heterocycles. The summed E-state index contributed by atoms with van der Waals surface area (Å²) in [6.45, 7) is 5.04. The largest absolute Gasteiger partial charge is 0.459 e. The first kappa shape index (κ1) is 13.1. The molecule has 0 spiro atoms. The Hall–Kier alpha value is -0.920. The Morgan fingerprint density at radius 1 is 1.50 bits per heavy atom. The lowest BCUT2D eigenvalue weighted by Gasteiger charge is -2.05. The Balaban J connectivity index is 3.07. The molecule has 1 heterocycles. The van der Waals surface area contributed by atoms with Crippen LogP contribution in [0.5, 0.6) is 0 Å². The number of carbonyl (C=O) groups is 1. The number of hydrogen-bond donors (Lipinski definition) is 1. The van der Waals surface area contributed by atoms with Gasteiger partial charge < -0.3 is 4.74 Å². The molecule has 0 aliphatic carbocycles. The highest BCUT2D eigenvalue weighted by Crippen LogP contribution is 2.25. The van der Waals surface area contributed by atoms with E-state index in [1.54, 1.807) is 20.8 Å². The van der Waals surface area contributed by atoms with Gasteiger partial charge in [0.05, 0.1) is 11.0 Å². The number of nitrogens with two attached hydrogens (primary N) is 1. The van der Waals surface area contributed by atoms with Crippen molar-refractivity contribution in [2.24, 2.45) is 5.14 Å². The van der Waals surface area contributed by atoms with Crippen LogP contribution in [0.25, 0.3) is 0 Å². The lowest BCUT2D eigenvalue weighted by atomic mass is 10.4. The molecule has 0 unspecified atom stereocenters. The molecule has 0 saturated carbocycles. The lowest BCUT2D eigenvalue weighted by Crippen LogP contribution is -2.13. The molecule has 16 heavy (non-hydrogen) atoms. The molecule has 0 atom stereocenters. The fourth-order valence-electron chi connectivity index (χ4n) is 1.12.